The van der Waals surface area contributed by atoms with Gasteiger partial charge in [0.05, 0.1) is 0 Å². The number of benzene rings is 3. The first-order valence-corrected chi connectivity index (χ1v) is 12.8. The molecule has 0 unspecified atom stereocenters. The number of carbonyl (C=O) groups is 1. The molecule has 0 radical (unpaired) electrons. The van der Waals surface area contributed by atoms with Crippen LogP contribution in [0.5, 0.6) is 5.75 Å². The van der Waals surface area contributed by atoms with Gasteiger partial charge >= 0.3 is 0 Å². The van der Waals surface area contributed by atoms with Gasteiger partial charge in [0, 0.05) is 6.61 Å². The summed E-state index contributed by atoms with van der Waals surface area (Å²) in [6.45, 7) is 6.50. The molecular weight excluding hydrogens is 388 g/mol. The van der Waals surface area contributed by atoms with Crippen LogP contribution in [-0.4, -0.2) is 26.8 Å². The first kappa shape index (κ1) is 22.0. The molecule has 3 rings (SSSR count). The molecule has 0 amide bonds. The Labute approximate surface area is 180 Å². The number of carbonyl (C=O) groups excluding carboxylic acids is 1. The largest absolute Gasteiger partial charge is 0.480 e. The summed E-state index contributed by atoms with van der Waals surface area (Å²) < 4.78 is 12.3. The highest BCUT2D eigenvalue weighted by Gasteiger charge is 2.33. The average Bonchev–Trinajstić information content (AvgIpc) is 2.78. The molecule has 0 bridgehead atoms. The van der Waals surface area contributed by atoms with E-state index in [1.165, 1.54) is 15.9 Å². The van der Waals surface area contributed by atoms with Gasteiger partial charge in [0.1, 0.15) is 5.75 Å². The maximum atomic E-state index is 11.0. The van der Waals surface area contributed by atoms with Gasteiger partial charge in [-0.1, -0.05) is 72.8 Å². The number of hydrogen-bond donors (Lipinski definition) is 0. The zero-order valence-electron chi connectivity index (χ0n) is 18.0. The van der Waals surface area contributed by atoms with Crippen LogP contribution in [0, 0.1) is 0 Å². The SMILES string of the molecule is CC(C)(C=O)Oc1ccc(CCCO[Si](C)(c2ccccc2)c2ccccc2)cc1. The highest BCUT2D eigenvalue weighted by Crippen LogP contribution is 2.18. The van der Waals surface area contributed by atoms with Gasteiger partial charge in [0.15, 0.2) is 11.9 Å². The summed E-state index contributed by atoms with van der Waals surface area (Å²) >= 11 is 0. The second-order valence-electron chi connectivity index (χ2n) is 8.18. The lowest BCUT2D eigenvalue weighted by Crippen LogP contribution is -2.58. The Morgan fingerprint density at radius 3 is 1.87 bits per heavy atom. The quantitative estimate of drug-likeness (QED) is 0.278. The third-order valence-corrected chi connectivity index (χ3v) is 8.89. The summed E-state index contributed by atoms with van der Waals surface area (Å²) in [5.41, 5.74) is 0.428. The van der Waals surface area contributed by atoms with E-state index in [9.17, 15) is 4.79 Å². The molecule has 0 N–H and O–H groups in total. The van der Waals surface area contributed by atoms with Crippen molar-refractivity contribution in [3.63, 3.8) is 0 Å². The van der Waals surface area contributed by atoms with Crippen LogP contribution in [0.2, 0.25) is 6.55 Å². The van der Waals surface area contributed by atoms with Gasteiger partial charge in [-0.15, -0.1) is 0 Å². The fourth-order valence-electron chi connectivity index (χ4n) is 3.45. The zero-order chi connectivity index (χ0) is 21.5. The van der Waals surface area contributed by atoms with E-state index in [2.05, 4.69) is 67.2 Å². The Balaban J connectivity index is 1.60. The van der Waals surface area contributed by atoms with E-state index in [1.54, 1.807) is 13.8 Å². The van der Waals surface area contributed by atoms with E-state index in [0.29, 0.717) is 12.4 Å². The van der Waals surface area contributed by atoms with Crippen molar-refractivity contribution in [3.05, 3.63) is 90.5 Å². The van der Waals surface area contributed by atoms with E-state index >= 15 is 0 Å². The smallest absolute Gasteiger partial charge is 0.252 e. The maximum absolute atomic E-state index is 11.0. The predicted octanol–water partition coefficient (Wildman–Crippen LogP) is 4.38. The summed E-state index contributed by atoms with van der Waals surface area (Å²) in [4.78, 5) is 11.0. The molecule has 3 aromatic carbocycles. The Morgan fingerprint density at radius 2 is 1.37 bits per heavy atom. The Morgan fingerprint density at radius 1 is 0.833 bits per heavy atom. The highest BCUT2D eigenvalue weighted by atomic mass is 28.4. The second-order valence-corrected chi connectivity index (χ2v) is 11.7. The first-order valence-electron chi connectivity index (χ1n) is 10.4. The van der Waals surface area contributed by atoms with Crippen LogP contribution in [0.1, 0.15) is 25.8 Å². The number of rotatable bonds is 10. The molecule has 0 aliphatic heterocycles. The fourth-order valence-corrected chi connectivity index (χ4v) is 6.33. The van der Waals surface area contributed by atoms with Crippen LogP contribution in [0.4, 0.5) is 0 Å². The number of hydrogen-bond acceptors (Lipinski definition) is 3. The van der Waals surface area contributed by atoms with Crippen LogP contribution in [0.25, 0.3) is 0 Å². The van der Waals surface area contributed by atoms with Gasteiger partial charge in [0.2, 0.25) is 0 Å². The van der Waals surface area contributed by atoms with E-state index in [1.807, 2.05) is 24.3 Å². The number of aryl methyl sites for hydroxylation is 1. The fraction of sp³-hybridized carbons (Fsp3) is 0.269. The van der Waals surface area contributed by atoms with Crippen molar-refractivity contribution in [2.24, 2.45) is 0 Å². The third kappa shape index (κ3) is 5.68. The molecule has 0 saturated carbocycles. The minimum atomic E-state index is -2.23. The summed E-state index contributed by atoms with van der Waals surface area (Å²) in [7, 11) is -2.23. The van der Waals surface area contributed by atoms with Gasteiger partial charge in [0.25, 0.3) is 8.32 Å². The molecule has 0 atom stereocenters. The normalized spacial score (nSPS) is 11.8. The van der Waals surface area contributed by atoms with Crippen LogP contribution < -0.4 is 15.1 Å². The second kappa shape index (κ2) is 9.87. The molecule has 0 spiro atoms. The van der Waals surface area contributed by atoms with E-state index in [0.717, 1.165) is 19.1 Å². The van der Waals surface area contributed by atoms with Crippen molar-refractivity contribution in [1.82, 2.24) is 0 Å². The molecule has 30 heavy (non-hydrogen) atoms. The van der Waals surface area contributed by atoms with E-state index in [4.69, 9.17) is 9.16 Å². The van der Waals surface area contributed by atoms with Gasteiger partial charge < -0.3 is 9.16 Å². The van der Waals surface area contributed by atoms with Crippen molar-refractivity contribution in [2.75, 3.05) is 6.61 Å². The standard InChI is InChI=1S/C26H30O3Si/c1-26(2,21-27)29-23-18-16-22(17-19-23)11-10-20-28-30(3,24-12-6-4-7-13-24)25-14-8-5-9-15-25/h4-9,12-19,21H,10-11,20H2,1-3H3. The van der Waals surface area contributed by atoms with Gasteiger partial charge in [-0.2, -0.15) is 0 Å². The number of ether oxygens (including phenoxy) is 1. The van der Waals surface area contributed by atoms with Crippen molar-refractivity contribution in [2.45, 2.75) is 38.8 Å². The minimum absolute atomic E-state index is 0.709. The Bertz CT molecular complexity index is 882. The van der Waals surface area contributed by atoms with Gasteiger partial charge in [-0.05, 0) is 61.3 Å². The third-order valence-electron chi connectivity index (χ3n) is 5.24. The Kier molecular flexibility index (Phi) is 7.24. The van der Waals surface area contributed by atoms with Crippen molar-refractivity contribution in [3.8, 4) is 5.75 Å². The lowest BCUT2D eigenvalue weighted by atomic mass is 10.1. The molecule has 0 aliphatic rings. The maximum Gasteiger partial charge on any atom is 0.252 e. The predicted molar refractivity (Wildman–Crippen MR) is 125 cm³/mol. The molecule has 3 aromatic rings. The molecule has 156 valence electrons. The first-order chi connectivity index (χ1) is 14.4. The molecule has 0 aromatic heterocycles. The minimum Gasteiger partial charge on any atom is -0.480 e. The summed E-state index contributed by atoms with van der Waals surface area (Å²) in [6.07, 6.45) is 2.70. The van der Waals surface area contributed by atoms with Crippen molar-refractivity contribution >= 4 is 25.0 Å². The molecule has 0 saturated heterocycles. The lowest BCUT2D eigenvalue weighted by Gasteiger charge is -2.28. The molecule has 0 heterocycles. The Hall–Kier alpha value is -2.69. The lowest BCUT2D eigenvalue weighted by molar-refractivity contribution is -0.118. The average molecular weight is 419 g/mol. The molecule has 0 fully saturated rings. The zero-order valence-corrected chi connectivity index (χ0v) is 19.0. The van der Waals surface area contributed by atoms with Crippen LogP contribution >= 0.6 is 0 Å². The molecule has 3 nitrogen and oxygen atoms in total. The van der Waals surface area contributed by atoms with Gasteiger partial charge in [-0.25, -0.2) is 0 Å². The molecule has 0 aliphatic carbocycles. The highest BCUT2D eigenvalue weighted by molar-refractivity contribution is 6.96. The van der Waals surface area contributed by atoms with E-state index in [-0.39, 0.29) is 0 Å². The van der Waals surface area contributed by atoms with E-state index < -0.39 is 13.9 Å². The number of aldehydes is 1. The molecular formula is C26H30O3Si. The summed E-state index contributed by atoms with van der Waals surface area (Å²) in [5.74, 6) is 0.709. The van der Waals surface area contributed by atoms with Crippen LogP contribution in [-0.2, 0) is 15.6 Å². The van der Waals surface area contributed by atoms with Crippen LogP contribution in [0.15, 0.2) is 84.9 Å². The van der Waals surface area contributed by atoms with Crippen LogP contribution in [0.3, 0.4) is 0 Å². The monoisotopic (exact) mass is 418 g/mol. The molecule has 4 heteroatoms. The van der Waals surface area contributed by atoms with Gasteiger partial charge in [-0.3, -0.25) is 4.79 Å². The summed E-state index contributed by atoms with van der Waals surface area (Å²) in [5, 5.41) is 2.57. The summed E-state index contributed by atoms with van der Waals surface area (Å²) in [6, 6.07) is 29.1. The topological polar surface area (TPSA) is 35.5 Å². The van der Waals surface area contributed by atoms with Crippen molar-refractivity contribution < 1.29 is 14.0 Å². The van der Waals surface area contributed by atoms with Crippen molar-refractivity contribution in [1.29, 1.82) is 0 Å².